The van der Waals surface area contributed by atoms with Gasteiger partial charge in [0, 0.05) is 43.0 Å². The molecular weight excluding hydrogens is 342 g/mol. The lowest BCUT2D eigenvalue weighted by Gasteiger charge is -2.24. The number of amides is 1. The van der Waals surface area contributed by atoms with Crippen LogP contribution in [-0.4, -0.2) is 45.4 Å². The molecule has 3 rings (SSSR count). The number of benzene rings is 1. The van der Waals surface area contributed by atoms with Gasteiger partial charge in [-0.3, -0.25) is 9.78 Å². The van der Waals surface area contributed by atoms with E-state index in [4.69, 9.17) is 0 Å². The summed E-state index contributed by atoms with van der Waals surface area (Å²) < 4.78 is 0. The number of anilines is 1. The Labute approximate surface area is 157 Å². The molecule has 1 aromatic carbocycles. The molecule has 0 radical (unpaired) electrons. The standard InChI is InChI=1S/C20H25N5O2/c1-13-6-8-21-16(10-13)11-14(2)25(3)9-7-19(26)22-15-4-5-17-18(12-15)24-20(27)23-17/h4-6,8,10,12,14H,7,9,11H2,1-3H3,(H,22,26)(H2,23,24,27). The van der Waals surface area contributed by atoms with E-state index in [0.29, 0.717) is 24.2 Å². The monoisotopic (exact) mass is 367 g/mol. The highest BCUT2D eigenvalue weighted by Crippen LogP contribution is 2.15. The summed E-state index contributed by atoms with van der Waals surface area (Å²) in [5, 5.41) is 2.88. The molecule has 0 aliphatic carbocycles. The maximum Gasteiger partial charge on any atom is 0.323 e. The van der Waals surface area contributed by atoms with Crippen LogP contribution in [-0.2, 0) is 11.2 Å². The minimum absolute atomic E-state index is 0.0556. The third kappa shape index (κ3) is 5.04. The van der Waals surface area contributed by atoms with E-state index in [0.717, 1.165) is 17.6 Å². The third-order valence-electron chi connectivity index (χ3n) is 4.72. The topological polar surface area (TPSA) is 93.9 Å². The van der Waals surface area contributed by atoms with Crippen LogP contribution in [0.15, 0.2) is 41.3 Å². The Kier molecular flexibility index (Phi) is 5.71. The smallest absolute Gasteiger partial charge is 0.323 e. The predicted molar refractivity (Wildman–Crippen MR) is 107 cm³/mol. The van der Waals surface area contributed by atoms with Crippen LogP contribution in [0.25, 0.3) is 11.0 Å². The molecule has 0 aliphatic rings. The molecule has 27 heavy (non-hydrogen) atoms. The van der Waals surface area contributed by atoms with Crippen molar-refractivity contribution in [3.63, 3.8) is 0 Å². The van der Waals surface area contributed by atoms with Crippen LogP contribution in [0.4, 0.5) is 5.69 Å². The second kappa shape index (κ2) is 8.18. The fourth-order valence-electron chi connectivity index (χ4n) is 3.00. The van der Waals surface area contributed by atoms with Crippen molar-refractivity contribution in [3.8, 4) is 0 Å². The van der Waals surface area contributed by atoms with Crippen LogP contribution < -0.4 is 11.0 Å². The second-order valence-corrected chi connectivity index (χ2v) is 7.00. The number of carbonyl (C=O) groups is 1. The van der Waals surface area contributed by atoms with Gasteiger partial charge in [0.2, 0.25) is 5.91 Å². The van der Waals surface area contributed by atoms with Gasteiger partial charge in [0.05, 0.1) is 11.0 Å². The Morgan fingerprint density at radius 1 is 1.22 bits per heavy atom. The maximum atomic E-state index is 12.3. The lowest BCUT2D eigenvalue weighted by atomic mass is 10.1. The molecule has 7 nitrogen and oxygen atoms in total. The molecule has 2 heterocycles. The van der Waals surface area contributed by atoms with Gasteiger partial charge in [0.25, 0.3) is 0 Å². The van der Waals surface area contributed by atoms with Crippen LogP contribution in [0, 0.1) is 6.92 Å². The molecule has 0 fully saturated rings. The summed E-state index contributed by atoms with van der Waals surface area (Å²) in [6, 6.07) is 9.67. The molecule has 0 bridgehead atoms. The number of fused-ring (bicyclic) bond motifs is 1. The third-order valence-corrected chi connectivity index (χ3v) is 4.72. The Morgan fingerprint density at radius 3 is 2.78 bits per heavy atom. The highest BCUT2D eigenvalue weighted by Gasteiger charge is 2.13. The molecule has 1 amide bonds. The number of nitrogens with one attached hydrogen (secondary N) is 3. The summed E-state index contributed by atoms with van der Waals surface area (Å²) in [6.45, 7) is 4.85. The van der Waals surface area contributed by atoms with Crippen LogP contribution in [0.1, 0.15) is 24.6 Å². The summed E-state index contributed by atoms with van der Waals surface area (Å²) in [5.74, 6) is -0.0556. The van der Waals surface area contributed by atoms with Crippen LogP contribution in [0.3, 0.4) is 0 Å². The summed E-state index contributed by atoms with van der Waals surface area (Å²) in [6.07, 6.45) is 3.07. The molecule has 0 saturated carbocycles. The van der Waals surface area contributed by atoms with Gasteiger partial charge in [-0.25, -0.2) is 4.79 Å². The number of aromatic nitrogens is 3. The number of likely N-dealkylation sites (N-methyl/N-ethyl adjacent to an activating group) is 1. The number of imidazole rings is 1. The SMILES string of the molecule is Cc1ccnc(CC(C)N(C)CCC(=O)Nc2ccc3[nH]c(=O)[nH]c3c2)c1. The van der Waals surface area contributed by atoms with Crippen molar-refractivity contribution in [2.24, 2.45) is 0 Å². The fraction of sp³-hybridized carbons (Fsp3) is 0.350. The zero-order valence-corrected chi connectivity index (χ0v) is 15.9. The molecule has 1 atom stereocenters. The molecule has 2 aromatic heterocycles. The summed E-state index contributed by atoms with van der Waals surface area (Å²) in [5.41, 5.74) is 4.07. The lowest BCUT2D eigenvalue weighted by molar-refractivity contribution is -0.116. The van der Waals surface area contributed by atoms with E-state index in [1.165, 1.54) is 5.56 Å². The van der Waals surface area contributed by atoms with E-state index >= 15 is 0 Å². The highest BCUT2D eigenvalue weighted by atomic mass is 16.1. The largest absolute Gasteiger partial charge is 0.326 e. The average molecular weight is 367 g/mol. The number of nitrogens with zero attached hydrogens (tertiary/aromatic N) is 2. The van der Waals surface area contributed by atoms with Crippen molar-refractivity contribution in [2.75, 3.05) is 18.9 Å². The van der Waals surface area contributed by atoms with Gasteiger partial charge in [-0.05, 0) is 56.8 Å². The fourth-order valence-corrected chi connectivity index (χ4v) is 3.00. The van der Waals surface area contributed by atoms with E-state index in [-0.39, 0.29) is 17.6 Å². The summed E-state index contributed by atoms with van der Waals surface area (Å²) in [4.78, 5) is 35.5. The molecule has 0 spiro atoms. The van der Waals surface area contributed by atoms with E-state index < -0.39 is 0 Å². The molecule has 0 saturated heterocycles. The van der Waals surface area contributed by atoms with Crippen molar-refractivity contribution >= 4 is 22.6 Å². The number of hydrogen-bond donors (Lipinski definition) is 3. The van der Waals surface area contributed by atoms with Crippen LogP contribution >= 0.6 is 0 Å². The number of aryl methyl sites for hydroxylation is 1. The van der Waals surface area contributed by atoms with Gasteiger partial charge in [-0.2, -0.15) is 0 Å². The van der Waals surface area contributed by atoms with Gasteiger partial charge < -0.3 is 20.2 Å². The van der Waals surface area contributed by atoms with Crippen molar-refractivity contribution in [1.29, 1.82) is 0 Å². The van der Waals surface area contributed by atoms with E-state index in [2.05, 4.69) is 45.1 Å². The highest BCUT2D eigenvalue weighted by molar-refractivity contribution is 5.93. The first kappa shape index (κ1) is 18.8. The Morgan fingerprint density at radius 2 is 2.00 bits per heavy atom. The van der Waals surface area contributed by atoms with Crippen molar-refractivity contribution in [2.45, 2.75) is 32.7 Å². The predicted octanol–water partition coefficient (Wildman–Crippen LogP) is 2.45. The van der Waals surface area contributed by atoms with Crippen LogP contribution in [0.2, 0.25) is 0 Å². The Balaban J connectivity index is 1.50. The first-order valence-electron chi connectivity index (χ1n) is 9.04. The summed E-state index contributed by atoms with van der Waals surface area (Å²) >= 11 is 0. The van der Waals surface area contributed by atoms with Crippen LogP contribution in [0.5, 0.6) is 0 Å². The number of hydrogen-bond acceptors (Lipinski definition) is 4. The number of aromatic amines is 2. The quantitative estimate of drug-likeness (QED) is 0.598. The molecule has 1 unspecified atom stereocenters. The zero-order chi connectivity index (χ0) is 19.4. The number of pyridine rings is 1. The molecule has 7 heteroatoms. The van der Waals surface area contributed by atoms with Crippen molar-refractivity contribution in [3.05, 3.63) is 58.3 Å². The van der Waals surface area contributed by atoms with Crippen molar-refractivity contribution in [1.82, 2.24) is 19.9 Å². The van der Waals surface area contributed by atoms with Gasteiger partial charge in [0.1, 0.15) is 0 Å². The Hall–Kier alpha value is -2.93. The van der Waals surface area contributed by atoms with Gasteiger partial charge in [-0.1, -0.05) is 0 Å². The second-order valence-electron chi connectivity index (χ2n) is 7.00. The number of carbonyl (C=O) groups excluding carboxylic acids is 1. The van der Waals surface area contributed by atoms with E-state index in [1.54, 1.807) is 18.2 Å². The minimum Gasteiger partial charge on any atom is -0.326 e. The first-order chi connectivity index (χ1) is 12.9. The molecular formula is C20H25N5O2. The Bertz CT molecular complexity index is 991. The molecule has 142 valence electrons. The number of H-pyrrole nitrogens is 2. The van der Waals surface area contributed by atoms with Crippen molar-refractivity contribution < 1.29 is 4.79 Å². The van der Waals surface area contributed by atoms with Gasteiger partial charge in [0.15, 0.2) is 0 Å². The average Bonchev–Trinajstić information content (AvgIpc) is 2.99. The first-order valence-corrected chi connectivity index (χ1v) is 9.04. The molecule has 0 aliphatic heterocycles. The van der Waals surface area contributed by atoms with E-state index in [1.807, 2.05) is 19.3 Å². The minimum atomic E-state index is -0.257. The molecule has 3 N–H and O–H groups in total. The van der Waals surface area contributed by atoms with E-state index in [9.17, 15) is 9.59 Å². The summed E-state index contributed by atoms with van der Waals surface area (Å²) in [7, 11) is 2.02. The van der Waals surface area contributed by atoms with Gasteiger partial charge in [-0.15, -0.1) is 0 Å². The normalized spacial score (nSPS) is 12.4. The molecule has 3 aromatic rings. The zero-order valence-electron chi connectivity index (χ0n) is 15.9. The number of rotatable bonds is 7. The maximum absolute atomic E-state index is 12.3. The van der Waals surface area contributed by atoms with Gasteiger partial charge >= 0.3 is 5.69 Å². The lowest BCUT2D eigenvalue weighted by Crippen LogP contribution is -2.33.